The van der Waals surface area contributed by atoms with Crippen LogP contribution in [0.15, 0.2) is 38.9 Å². The summed E-state index contributed by atoms with van der Waals surface area (Å²) in [6.07, 6.45) is 1.17. The molecule has 0 atom stereocenters. The Labute approximate surface area is 207 Å². The number of esters is 2. The number of benzene rings is 1. The molecule has 12 heteroatoms. The van der Waals surface area contributed by atoms with E-state index in [0.29, 0.717) is 10.0 Å². The molecule has 1 N–H and O–H groups in total. The number of methoxy groups -OCH3 is 1. The zero-order chi connectivity index (χ0) is 25.0. The van der Waals surface area contributed by atoms with E-state index in [0.717, 1.165) is 4.90 Å². The maximum absolute atomic E-state index is 12.7. The second-order valence-corrected chi connectivity index (χ2v) is 8.54. The molecule has 1 aliphatic rings. The first-order chi connectivity index (χ1) is 16.1. The van der Waals surface area contributed by atoms with E-state index in [1.54, 1.807) is 19.9 Å². The van der Waals surface area contributed by atoms with E-state index in [2.05, 4.69) is 26.0 Å². The van der Waals surface area contributed by atoms with E-state index in [4.69, 9.17) is 25.5 Å². The van der Waals surface area contributed by atoms with Crippen molar-refractivity contribution < 1.29 is 37.8 Å². The van der Waals surface area contributed by atoms with Crippen LogP contribution in [0.2, 0.25) is 5.02 Å². The smallest absolute Gasteiger partial charge is 0.373 e. The zero-order valence-electron chi connectivity index (χ0n) is 18.3. The molecule has 3 amide bonds. The van der Waals surface area contributed by atoms with Gasteiger partial charge in [-0.25, -0.2) is 14.4 Å². The lowest BCUT2D eigenvalue weighted by molar-refractivity contribution is -0.149. The number of rotatable bonds is 8. The summed E-state index contributed by atoms with van der Waals surface area (Å²) in [7, 11) is 1.21. The van der Waals surface area contributed by atoms with Gasteiger partial charge in [-0.1, -0.05) is 11.6 Å². The maximum Gasteiger partial charge on any atom is 0.373 e. The summed E-state index contributed by atoms with van der Waals surface area (Å²) < 4.78 is 20.8. The second-order valence-electron chi connectivity index (χ2n) is 7.28. The van der Waals surface area contributed by atoms with Crippen LogP contribution in [-0.4, -0.2) is 48.6 Å². The number of urea groups is 1. The van der Waals surface area contributed by atoms with Crippen LogP contribution in [-0.2, 0) is 25.6 Å². The summed E-state index contributed by atoms with van der Waals surface area (Å²) in [5, 5.41) is 2.67. The molecule has 0 bridgehead atoms. The van der Waals surface area contributed by atoms with Crippen LogP contribution in [0.5, 0.6) is 5.75 Å². The fourth-order valence-corrected chi connectivity index (χ4v) is 3.93. The number of carbonyl (C=O) groups is 4. The molecule has 1 saturated heterocycles. The number of amides is 3. The van der Waals surface area contributed by atoms with E-state index >= 15 is 0 Å². The predicted molar refractivity (Wildman–Crippen MR) is 123 cm³/mol. The monoisotopic (exact) mass is 554 g/mol. The molecule has 1 aromatic carbocycles. The Balaban J connectivity index is 1.72. The van der Waals surface area contributed by atoms with Gasteiger partial charge >= 0.3 is 18.0 Å². The lowest BCUT2D eigenvalue weighted by atomic mass is 10.2. The predicted octanol–water partition coefficient (Wildman–Crippen LogP) is 3.91. The highest BCUT2D eigenvalue weighted by molar-refractivity contribution is 9.10. The van der Waals surface area contributed by atoms with Crippen LogP contribution in [0.3, 0.4) is 0 Å². The molecule has 180 valence electrons. The third-order valence-electron chi connectivity index (χ3n) is 4.36. The molecule has 2 heterocycles. The summed E-state index contributed by atoms with van der Waals surface area (Å²) in [6.45, 7) is 2.94. The number of hydrogen-bond donors (Lipinski definition) is 1. The Morgan fingerprint density at radius 3 is 2.65 bits per heavy atom. The highest BCUT2D eigenvalue weighted by Crippen LogP contribution is 2.35. The van der Waals surface area contributed by atoms with Gasteiger partial charge in [0.05, 0.1) is 29.3 Å². The lowest BCUT2D eigenvalue weighted by Gasteiger charge is -2.12. The number of imide groups is 1. The fourth-order valence-electron chi connectivity index (χ4n) is 2.94. The number of nitrogens with one attached hydrogen (secondary N) is 1. The normalized spacial score (nSPS) is 14.5. The molecule has 0 radical (unpaired) electrons. The van der Waals surface area contributed by atoms with Crippen molar-refractivity contribution in [3.63, 3.8) is 0 Å². The maximum atomic E-state index is 12.7. The first-order valence-electron chi connectivity index (χ1n) is 9.92. The number of hydrogen-bond acceptors (Lipinski definition) is 8. The molecule has 2 aromatic rings. The van der Waals surface area contributed by atoms with Crippen LogP contribution in [0.25, 0.3) is 6.08 Å². The molecule has 0 aliphatic carbocycles. The van der Waals surface area contributed by atoms with E-state index in [9.17, 15) is 19.2 Å². The molecule has 1 aliphatic heterocycles. The van der Waals surface area contributed by atoms with Crippen molar-refractivity contribution in [2.45, 2.75) is 26.5 Å². The number of furan rings is 1. The highest BCUT2D eigenvalue weighted by atomic mass is 79.9. The Morgan fingerprint density at radius 2 is 2.00 bits per heavy atom. The average molecular weight is 556 g/mol. The lowest BCUT2D eigenvalue weighted by Crippen LogP contribution is -2.30. The van der Waals surface area contributed by atoms with Crippen molar-refractivity contribution in [2.75, 3.05) is 13.7 Å². The third-order valence-corrected chi connectivity index (χ3v) is 5.23. The number of nitrogens with zero attached hydrogens (tertiary/aromatic N) is 1. The number of ether oxygens (including phenoxy) is 3. The van der Waals surface area contributed by atoms with Crippen LogP contribution < -0.4 is 10.1 Å². The third kappa shape index (κ3) is 5.97. The average Bonchev–Trinajstić information content (AvgIpc) is 3.32. The Hall–Kier alpha value is -3.31. The summed E-state index contributed by atoms with van der Waals surface area (Å²) in [5.74, 6) is -1.39. The quantitative estimate of drug-likeness (QED) is 0.295. The van der Waals surface area contributed by atoms with Gasteiger partial charge in [-0.3, -0.25) is 9.69 Å². The van der Waals surface area contributed by atoms with Gasteiger partial charge in [0, 0.05) is 0 Å². The van der Waals surface area contributed by atoms with Gasteiger partial charge in [-0.15, -0.1) is 0 Å². The van der Waals surface area contributed by atoms with Crippen molar-refractivity contribution in [2.24, 2.45) is 0 Å². The molecular weight excluding hydrogens is 536 g/mol. The van der Waals surface area contributed by atoms with Crippen LogP contribution >= 0.6 is 27.5 Å². The topological polar surface area (TPSA) is 124 Å². The summed E-state index contributed by atoms with van der Waals surface area (Å²) in [4.78, 5) is 49.2. The minimum absolute atomic E-state index is 0.0156. The van der Waals surface area contributed by atoms with Gasteiger partial charge in [0.1, 0.15) is 11.5 Å². The first kappa shape index (κ1) is 25.3. The molecule has 1 aromatic heterocycles. The van der Waals surface area contributed by atoms with E-state index in [-0.39, 0.29) is 47.2 Å². The number of carbonyl (C=O) groups excluding carboxylic acids is 4. The largest absolute Gasteiger partial charge is 0.479 e. The van der Waals surface area contributed by atoms with Gasteiger partial charge in [-0.2, -0.15) is 0 Å². The molecule has 10 nitrogen and oxygen atoms in total. The van der Waals surface area contributed by atoms with Crippen LogP contribution in [0.4, 0.5) is 4.79 Å². The van der Waals surface area contributed by atoms with Gasteiger partial charge in [0.15, 0.2) is 12.4 Å². The summed E-state index contributed by atoms with van der Waals surface area (Å²) in [6, 6.07) is 5.34. The van der Waals surface area contributed by atoms with Crippen molar-refractivity contribution >= 4 is 57.5 Å². The molecule has 1 fully saturated rings. The fraction of sp³-hybridized carbons (Fsp3) is 0.273. The van der Waals surface area contributed by atoms with Gasteiger partial charge in [-0.05, 0) is 65.7 Å². The van der Waals surface area contributed by atoms with Gasteiger partial charge in [0.2, 0.25) is 5.76 Å². The Morgan fingerprint density at radius 1 is 1.26 bits per heavy atom. The van der Waals surface area contributed by atoms with Crippen molar-refractivity contribution in [1.82, 2.24) is 10.2 Å². The molecule has 34 heavy (non-hydrogen) atoms. The highest BCUT2D eigenvalue weighted by Gasteiger charge is 2.34. The first-order valence-corrected chi connectivity index (χ1v) is 11.1. The van der Waals surface area contributed by atoms with Crippen LogP contribution in [0, 0.1) is 0 Å². The van der Waals surface area contributed by atoms with Crippen molar-refractivity contribution in [3.05, 3.63) is 56.5 Å². The van der Waals surface area contributed by atoms with E-state index in [1.165, 1.54) is 31.4 Å². The number of halogens is 2. The summed E-state index contributed by atoms with van der Waals surface area (Å²) >= 11 is 9.61. The minimum Gasteiger partial charge on any atom is -0.479 e. The second kappa shape index (κ2) is 10.7. The van der Waals surface area contributed by atoms with E-state index in [1.807, 2.05) is 0 Å². The Bertz CT molecular complexity index is 1150. The van der Waals surface area contributed by atoms with Crippen molar-refractivity contribution in [1.29, 1.82) is 0 Å². The molecule has 3 rings (SSSR count). The molecule has 0 saturated carbocycles. The SMILES string of the molecule is COC(=O)c1ccc(CN2C(=O)N/C(=C\c3cc(Cl)c(OCC(=O)OC(C)C)c(Br)c3)C2=O)o1. The standard InChI is InChI=1S/C22H20BrClN2O8/c1-11(2)33-18(27)10-32-19-14(23)6-12(7-15(19)24)8-16-20(28)26(22(30)25-16)9-13-4-5-17(34-13)21(29)31-3/h4-8,11H,9-10H2,1-3H3,(H,25,30)/b16-8-. The Kier molecular flexibility index (Phi) is 8.00. The van der Waals surface area contributed by atoms with E-state index < -0.39 is 23.9 Å². The zero-order valence-corrected chi connectivity index (χ0v) is 20.7. The molecular formula is C22H20BrClN2O8. The minimum atomic E-state index is -0.671. The van der Waals surface area contributed by atoms with Gasteiger partial charge < -0.3 is 23.9 Å². The van der Waals surface area contributed by atoms with Gasteiger partial charge in [0.25, 0.3) is 5.91 Å². The summed E-state index contributed by atoms with van der Waals surface area (Å²) in [5.41, 5.74) is 0.507. The molecule has 0 unspecified atom stereocenters. The molecule has 0 spiro atoms. The van der Waals surface area contributed by atoms with Crippen LogP contribution in [0.1, 0.15) is 35.7 Å². The van der Waals surface area contributed by atoms with Crippen molar-refractivity contribution in [3.8, 4) is 5.75 Å².